The fourth-order valence-corrected chi connectivity index (χ4v) is 7.77. The van der Waals surface area contributed by atoms with E-state index in [4.69, 9.17) is 9.47 Å². The predicted octanol–water partition coefficient (Wildman–Crippen LogP) is 4.36. The highest BCUT2D eigenvalue weighted by atomic mass is 19.1. The summed E-state index contributed by atoms with van der Waals surface area (Å²) >= 11 is 0. The minimum atomic E-state index is -1.91. The first-order valence-corrected chi connectivity index (χ1v) is 16.3. The first kappa shape index (κ1) is 33.6. The van der Waals surface area contributed by atoms with Crippen molar-refractivity contribution in [3.05, 3.63) is 114 Å². The molecule has 1 amide bonds. The quantitative estimate of drug-likeness (QED) is 0.153. The van der Waals surface area contributed by atoms with Crippen LogP contribution in [-0.4, -0.2) is 73.2 Å². The molecule has 4 aromatic carbocycles. The van der Waals surface area contributed by atoms with Crippen molar-refractivity contribution >= 4 is 17.6 Å². The van der Waals surface area contributed by atoms with Crippen LogP contribution in [0.2, 0.25) is 0 Å². The first-order valence-electron chi connectivity index (χ1n) is 16.3. The summed E-state index contributed by atoms with van der Waals surface area (Å²) in [5.74, 6) is -2.20. The highest BCUT2D eigenvalue weighted by Crippen LogP contribution is 2.63. The van der Waals surface area contributed by atoms with E-state index in [2.05, 4.69) is 0 Å². The maximum atomic E-state index is 14.3. The van der Waals surface area contributed by atoms with Gasteiger partial charge in [-0.05, 0) is 84.8 Å². The zero-order valence-corrected chi connectivity index (χ0v) is 26.7. The summed E-state index contributed by atoms with van der Waals surface area (Å²) in [6.07, 6.45) is -8.51. The molecule has 1 spiro atoms. The standard InChI is InChI=1S/C38H36FNO10/c39-24-12-10-23(11-13-24)38(50-35-31(45)29(43)30(44)32(49-35)34(46)47)17-15-37(16-18-38)33(40(36(37)48)25-6-2-1-3-7-25)27-14-9-22(20-28(27)42)21-5-4-8-26(41)19-21/h1-14,19-20,29-33,35,41-45H,15-18H2,(H,46,47)/t29-,30+,31?,32?,33+,35-,37?,38?/m0/s1. The Kier molecular flexibility index (Phi) is 8.61. The molecular formula is C38H36FNO10. The molecule has 0 bridgehead atoms. The zero-order valence-electron chi connectivity index (χ0n) is 26.7. The number of para-hydroxylation sites is 1. The lowest BCUT2D eigenvalue weighted by Crippen LogP contribution is -2.66. The van der Waals surface area contributed by atoms with Gasteiger partial charge in [0.05, 0.1) is 17.1 Å². The van der Waals surface area contributed by atoms with Gasteiger partial charge in [-0.1, -0.05) is 54.6 Å². The molecule has 50 heavy (non-hydrogen) atoms. The Morgan fingerprint density at radius 3 is 2.12 bits per heavy atom. The number of hydrogen-bond donors (Lipinski definition) is 6. The summed E-state index contributed by atoms with van der Waals surface area (Å²) in [5, 5.41) is 62.7. The number of benzene rings is 4. The van der Waals surface area contributed by atoms with Gasteiger partial charge in [0.1, 0.15) is 35.6 Å². The molecule has 3 fully saturated rings. The summed E-state index contributed by atoms with van der Waals surface area (Å²) < 4.78 is 26.0. The summed E-state index contributed by atoms with van der Waals surface area (Å²) in [6.45, 7) is 0. The van der Waals surface area contributed by atoms with Gasteiger partial charge in [0, 0.05) is 11.3 Å². The number of carboxylic acid groups (broad SMARTS) is 1. The van der Waals surface area contributed by atoms with E-state index < -0.39 is 59.6 Å². The van der Waals surface area contributed by atoms with Gasteiger partial charge in [-0.2, -0.15) is 0 Å². The number of nitrogens with zero attached hydrogens (tertiary/aromatic N) is 1. The van der Waals surface area contributed by atoms with Gasteiger partial charge in [-0.3, -0.25) is 4.79 Å². The highest BCUT2D eigenvalue weighted by molar-refractivity contribution is 6.06. The third kappa shape index (κ3) is 5.59. The monoisotopic (exact) mass is 685 g/mol. The number of amides is 1. The van der Waals surface area contributed by atoms with Crippen molar-refractivity contribution < 1.29 is 54.1 Å². The molecular weight excluding hydrogens is 649 g/mol. The summed E-state index contributed by atoms with van der Waals surface area (Å²) in [5.41, 5.74) is 0.659. The van der Waals surface area contributed by atoms with E-state index in [0.29, 0.717) is 27.9 Å². The van der Waals surface area contributed by atoms with Crippen LogP contribution >= 0.6 is 0 Å². The molecule has 1 aliphatic carbocycles. The van der Waals surface area contributed by atoms with Gasteiger partial charge in [0.15, 0.2) is 12.4 Å². The molecule has 7 rings (SSSR count). The molecule has 12 heteroatoms. The molecule has 6 atom stereocenters. The predicted molar refractivity (Wildman–Crippen MR) is 176 cm³/mol. The van der Waals surface area contributed by atoms with Crippen LogP contribution in [0, 0.1) is 11.2 Å². The molecule has 2 unspecified atom stereocenters. The number of carboxylic acids is 1. The van der Waals surface area contributed by atoms with Gasteiger partial charge in [-0.25, -0.2) is 9.18 Å². The molecule has 4 aromatic rings. The topological polar surface area (TPSA) is 177 Å². The number of phenolic OH excluding ortho intramolecular Hbond substituents is 2. The van der Waals surface area contributed by atoms with E-state index in [-0.39, 0.29) is 43.1 Å². The van der Waals surface area contributed by atoms with Crippen molar-refractivity contribution in [3.8, 4) is 22.6 Å². The van der Waals surface area contributed by atoms with Crippen molar-refractivity contribution in [2.24, 2.45) is 5.41 Å². The minimum absolute atomic E-state index is 0.0405. The fourth-order valence-electron chi connectivity index (χ4n) is 7.77. The molecule has 0 aromatic heterocycles. The first-order chi connectivity index (χ1) is 23.9. The van der Waals surface area contributed by atoms with Crippen molar-refractivity contribution in [2.45, 2.75) is 68.0 Å². The number of carbonyl (C=O) groups excluding carboxylic acids is 1. The van der Waals surface area contributed by atoms with Crippen LogP contribution in [0.3, 0.4) is 0 Å². The number of ether oxygens (including phenoxy) is 2. The molecule has 3 aliphatic rings. The molecule has 11 nitrogen and oxygen atoms in total. The fraction of sp³-hybridized carbons (Fsp3) is 0.316. The Morgan fingerprint density at radius 1 is 0.800 bits per heavy atom. The number of halogens is 1. The van der Waals surface area contributed by atoms with Crippen molar-refractivity contribution in [3.63, 3.8) is 0 Å². The molecule has 6 N–H and O–H groups in total. The van der Waals surface area contributed by atoms with Gasteiger partial charge >= 0.3 is 5.97 Å². The van der Waals surface area contributed by atoms with E-state index in [1.54, 1.807) is 41.3 Å². The normalized spacial score (nSPS) is 31.0. The molecule has 2 saturated heterocycles. The highest BCUT2D eigenvalue weighted by Gasteiger charge is 2.65. The summed E-state index contributed by atoms with van der Waals surface area (Å²) in [4.78, 5) is 27.8. The SMILES string of the molecule is O=C(O)C1O[C@@H](OC2(c3ccc(F)cc3)CCC3(CC2)C(=O)N(c2ccccc2)[C@@H]3c2ccc(-c3cccc(O)c3)cc2O)C(O)[C@@H](O)[C@H]1O. The average Bonchev–Trinajstić information content (AvgIpc) is 3.11. The molecule has 0 radical (unpaired) electrons. The number of anilines is 1. The van der Waals surface area contributed by atoms with Gasteiger partial charge in [0.25, 0.3) is 0 Å². The van der Waals surface area contributed by atoms with Crippen LogP contribution in [0.25, 0.3) is 11.1 Å². The number of aliphatic carboxylic acids is 1. The Balaban J connectivity index is 1.25. The summed E-state index contributed by atoms with van der Waals surface area (Å²) in [7, 11) is 0. The van der Waals surface area contributed by atoms with E-state index >= 15 is 0 Å². The van der Waals surface area contributed by atoms with Crippen LogP contribution in [0.5, 0.6) is 11.5 Å². The number of aliphatic hydroxyl groups is 3. The van der Waals surface area contributed by atoms with Gasteiger partial charge in [-0.15, -0.1) is 0 Å². The second-order valence-electron chi connectivity index (χ2n) is 13.2. The Hall–Kier alpha value is -4.85. The van der Waals surface area contributed by atoms with E-state index in [0.717, 1.165) is 0 Å². The van der Waals surface area contributed by atoms with Crippen molar-refractivity contribution in [2.75, 3.05) is 4.90 Å². The number of β-lactam (4-membered cyclic amide) rings is 1. The smallest absolute Gasteiger partial charge is 0.335 e. The Labute approximate surface area is 286 Å². The van der Waals surface area contributed by atoms with Gasteiger partial charge < -0.3 is 45.0 Å². The molecule has 2 heterocycles. The molecule has 2 aliphatic heterocycles. The Bertz CT molecular complexity index is 1900. The van der Waals surface area contributed by atoms with Crippen LogP contribution in [0.1, 0.15) is 42.9 Å². The average molecular weight is 686 g/mol. The lowest BCUT2D eigenvalue weighted by atomic mass is 9.56. The van der Waals surface area contributed by atoms with E-state index in [1.807, 2.05) is 36.4 Å². The van der Waals surface area contributed by atoms with Crippen LogP contribution in [0.15, 0.2) is 97.1 Å². The van der Waals surface area contributed by atoms with Gasteiger partial charge in [0.2, 0.25) is 5.91 Å². The van der Waals surface area contributed by atoms with Crippen LogP contribution < -0.4 is 4.90 Å². The second-order valence-corrected chi connectivity index (χ2v) is 13.2. The maximum Gasteiger partial charge on any atom is 0.335 e. The lowest BCUT2D eigenvalue weighted by Gasteiger charge is -2.60. The third-order valence-corrected chi connectivity index (χ3v) is 10.4. The number of carbonyl (C=O) groups is 2. The van der Waals surface area contributed by atoms with Crippen molar-refractivity contribution in [1.82, 2.24) is 0 Å². The van der Waals surface area contributed by atoms with E-state index in [1.165, 1.54) is 24.3 Å². The number of rotatable bonds is 7. The van der Waals surface area contributed by atoms with Crippen LogP contribution in [-0.2, 0) is 24.7 Å². The zero-order chi connectivity index (χ0) is 35.4. The van der Waals surface area contributed by atoms with E-state index in [9.17, 15) is 44.6 Å². The van der Waals surface area contributed by atoms with Crippen molar-refractivity contribution in [1.29, 1.82) is 0 Å². The Morgan fingerprint density at radius 2 is 1.48 bits per heavy atom. The number of aliphatic hydroxyl groups excluding tert-OH is 3. The largest absolute Gasteiger partial charge is 0.508 e. The number of aromatic hydroxyl groups is 2. The van der Waals surface area contributed by atoms with Crippen LogP contribution in [0.4, 0.5) is 10.1 Å². The molecule has 260 valence electrons. The number of phenols is 2. The second kappa shape index (κ2) is 12.8. The lowest BCUT2D eigenvalue weighted by molar-refractivity contribution is -0.328. The number of hydrogen-bond acceptors (Lipinski definition) is 9. The third-order valence-electron chi connectivity index (χ3n) is 10.4. The summed E-state index contributed by atoms with van der Waals surface area (Å²) in [6, 6.07) is 25.8. The molecule has 1 saturated carbocycles. The minimum Gasteiger partial charge on any atom is -0.508 e. The maximum absolute atomic E-state index is 14.3.